The summed E-state index contributed by atoms with van der Waals surface area (Å²) in [5.74, 6) is -1.23. The fraction of sp³-hybridized carbons (Fsp3) is 0.130. The third-order valence-electron chi connectivity index (χ3n) is 7.68. The van der Waals surface area contributed by atoms with Crippen LogP contribution in [0.3, 0.4) is 0 Å². The van der Waals surface area contributed by atoms with Gasteiger partial charge >= 0.3 is 0 Å². The van der Waals surface area contributed by atoms with Crippen LogP contribution in [0.1, 0.15) is 41.7 Å². The van der Waals surface area contributed by atoms with Gasteiger partial charge in [-0.2, -0.15) is 17.6 Å². The predicted octanol–water partition coefficient (Wildman–Crippen LogP) is 12.3. The van der Waals surface area contributed by atoms with Gasteiger partial charge in [0.15, 0.2) is 46.3 Å². The topological polar surface area (TPSA) is 36.9 Å². The first-order chi connectivity index (χ1) is 28.4. The van der Waals surface area contributed by atoms with Gasteiger partial charge in [-0.3, -0.25) is 0 Å². The average molecular weight is 882 g/mol. The van der Waals surface area contributed by atoms with Crippen LogP contribution in [0, 0.1) is 70.7 Å². The zero-order valence-corrected chi connectivity index (χ0v) is 32.9. The van der Waals surface area contributed by atoms with Crippen molar-refractivity contribution in [1.82, 2.24) is 0 Å². The summed E-state index contributed by atoms with van der Waals surface area (Å²) in [5, 5.41) is 0. The fourth-order valence-electron chi connectivity index (χ4n) is 4.72. The van der Waals surface area contributed by atoms with E-state index in [4.69, 9.17) is 25.4 Å². The second-order valence-corrected chi connectivity index (χ2v) is 12.7. The molecule has 0 bridgehead atoms. The van der Waals surface area contributed by atoms with Crippen LogP contribution in [-0.2, 0) is 13.2 Å². The highest BCUT2D eigenvalue weighted by molar-refractivity contribution is 9.10. The summed E-state index contributed by atoms with van der Waals surface area (Å²) in [4.78, 5) is 0. The van der Waals surface area contributed by atoms with Gasteiger partial charge in [0.05, 0.1) is 24.3 Å². The van der Waals surface area contributed by atoms with Crippen LogP contribution in [0.15, 0.2) is 114 Å². The molecule has 4 nitrogen and oxygen atoms in total. The average Bonchev–Trinajstić information content (AvgIpc) is 3.24. The first-order valence-electron chi connectivity index (χ1n) is 17.5. The molecule has 0 fully saturated rings. The minimum Gasteiger partial charge on any atom is -0.491 e. The summed E-state index contributed by atoms with van der Waals surface area (Å²) in [5.41, 5.74) is 1.98. The van der Waals surface area contributed by atoms with Crippen LogP contribution >= 0.6 is 15.9 Å². The smallest absolute Gasteiger partial charge is 0.201 e. The summed E-state index contributed by atoms with van der Waals surface area (Å²) in [6.07, 6.45) is 4.95. The fourth-order valence-corrected chi connectivity index (χ4v) is 4.99. The Morgan fingerprint density at radius 3 is 1.34 bits per heavy atom. The zero-order chi connectivity index (χ0) is 42.9. The Hall–Kier alpha value is -6.44. The van der Waals surface area contributed by atoms with Crippen molar-refractivity contribution in [2.24, 2.45) is 0 Å². The lowest BCUT2D eigenvalue weighted by atomic mass is 10.1. The van der Waals surface area contributed by atoms with Gasteiger partial charge in [-0.05, 0) is 97.8 Å². The number of benzene rings is 6. The zero-order valence-electron chi connectivity index (χ0n) is 31.3. The molecule has 0 unspecified atom stereocenters. The van der Waals surface area contributed by atoms with E-state index in [0.717, 1.165) is 22.2 Å². The van der Waals surface area contributed by atoms with Gasteiger partial charge in [0.2, 0.25) is 23.3 Å². The molecule has 6 aromatic rings. The van der Waals surface area contributed by atoms with Gasteiger partial charge in [0.25, 0.3) is 0 Å². The molecule has 0 aliphatic carbocycles. The lowest BCUT2D eigenvalue weighted by Gasteiger charge is -2.07. The molecule has 0 aromatic heterocycles. The van der Waals surface area contributed by atoms with Crippen molar-refractivity contribution < 1.29 is 54.1 Å². The highest BCUT2D eigenvalue weighted by Gasteiger charge is 2.14. The van der Waals surface area contributed by atoms with Gasteiger partial charge in [-0.25, -0.2) is 17.6 Å². The monoisotopic (exact) mass is 880 g/mol. The van der Waals surface area contributed by atoms with E-state index in [1.165, 1.54) is 48.5 Å². The van der Waals surface area contributed by atoms with Crippen molar-refractivity contribution in [3.05, 3.63) is 188 Å². The van der Waals surface area contributed by atoms with Crippen molar-refractivity contribution in [2.45, 2.75) is 27.1 Å². The van der Waals surface area contributed by atoms with E-state index in [0.29, 0.717) is 11.1 Å². The number of hydrogen-bond acceptors (Lipinski definition) is 4. The van der Waals surface area contributed by atoms with Gasteiger partial charge in [-0.15, -0.1) is 6.42 Å². The van der Waals surface area contributed by atoms with E-state index < -0.39 is 46.5 Å². The Morgan fingerprint density at radius 2 is 0.881 bits per heavy atom. The molecule has 0 radical (unpaired) electrons. The van der Waals surface area contributed by atoms with Gasteiger partial charge in [0, 0.05) is 10.0 Å². The van der Waals surface area contributed by atoms with E-state index in [2.05, 4.69) is 27.8 Å². The molecule has 0 atom stereocenters. The molecular weight excluding hydrogens is 848 g/mol. The first-order valence-corrected chi connectivity index (χ1v) is 18.3. The Morgan fingerprint density at radius 1 is 0.458 bits per heavy atom. The minimum absolute atomic E-state index is 0.0345. The molecule has 0 aliphatic heterocycles. The lowest BCUT2D eigenvalue weighted by Crippen LogP contribution is -1.99. The van der Waals surface area contributed by atoms with E-state index in [1.54, 1.807) is 38.1 Å². The molecule has 0 heterocycles. The SMILES string of the molecule is C#Cc1ccc(OCC)c(F)c1F.CCOc1ccc(C#Cc2ccc(COc3cccc(F)c3F)cc2)c(F)c1F.Fc1cccc(OCc2ccc(Br)cc2)c1F. The van der Waals surface area contributed by atoms with Gasteiger partial charge in [-0.1, -0.05) is 70.1 Å². The molecule has 13 heteroatoms. The maximum atomic E-state index is 14.0. The Balaban J connectivity index is 0.000000216. The molecule has 0 aliphatic rings. The third kappa shape index (κ3) is 13.0. The molecule has 59 heavy (non-hydrogen) atoms. The summed E-state index contributed by atoms with van der Waals surface area (Å²) >= 11 is 3.31. The van der Waals surface area contributed by atoms with Gasteiger partial charge < -0.3 is 18.9 Å². The molecule has 6 aromatic carbocycles. The highest BCUT2D eigenvalue weighted by Crippen LogP contribution is 2.25. The van der Waals surface area contributed by atoms with Crippen LogP contribution < -0.4 is 18.9 Å². The Kier molecular flexibility index (Phi) is 17.3. The van der Waals surface area contributed by atoms with Gasteiger partial charge in [0.1, 0.15) is 13.2 Å². The van der Waals surface area contributed by atoms with E-state index in [1.807, 2.05) is 30.2 Å². The van der Waals surface area contributed by atoms with Crippen LogP contribution in [0.4, 0.5) is 35.1 Å². The van der Waals surface area contributed by atoms with Crippen molar-refractivity contribution in [3.8, 4) is 47.2 Å². The molecule has 304 valence electrons. The molecule has 0 N–H and O–H groups in total. The van der Waals surface area contributed by atoms with Crippen LogP contribution in [0.2, 0.25) is 0 Å². The van der Waals surface area contributed by atoms with E-state index in [-0.39, 0.29) is 60.6 Å². The van der Waals surface area contributed by atoms with Crippen molar-refractivity contribution >= 4 is 15.9 Å². The summed E-state index contributed by atoms with van der Waals surface area (Å²) in [6, 6.07) is 27.0. The number of halogens is 9. The molecule has 6 rings (SSSR count). The third-order valence-corrected chi connectivity index (χ3v) is 8.21. The van der Waals surface area contributed by atoms with Crippen LogP contribution in [0.5, 0.6) is 23.0 Å². The summed E-state index contributed by atoms with van der Waals surface area (Å²) < 4.78 is 128. The standard InChI is InChI=1S/C23H16F4O2.C13H9BrF2O.C10H8F2O/c1-2-28-20-13-12-17(21(25)23(20)27)11-10-15-6-8-16(9-7-15)14-29-19-5-3-4-18(24)22(19)26;14-10-6-4-9(5-7-10)8-17-12-3-1-2-11(15)13(12)16;1-3-7-5-6-8(13-4-2)10(12)9(7)11/h3-9,12-13H,2,14H2,1H3;1-7H,8H2;1,5-6H,4H2,2H3. The molecule has 0 saturated heterocycles. The van der Waals surface area contributed by atoms with Crippen LogP contribution in [-0.4, -0.2) is 13.2 Å². The van der Waals surface area contributed by atoms with E-state index >= 15 is 0 Å². The van der Waals surface area contributed by atoms with E-state index in [9.17, 15) is 35.1 Å². The summed E-state index contributed by atoms with van der Waals surface area (Å²) in [7, 11) is 0. The highest BCUT2D eigenvalue weighted by atomic mass is 79.9. The second-order valence-electron chi connectivity index (χ2n) is 11.7. The number of rotatable bonds is 10. The van der Waals surface area contributed by atoms with Crippen molar-refractivity contribution in [1.29, 1.82) is 0 Å². The molecular formula is C46H33BrF8O4. The minimum atomic E-state index is -1.07. The molecule has 0 spiro atoms. The predicted molar refractivity (Wildman–Crippen MR) is 211 cm³/mol. The number of terminal acetylenes is 1. The Bertz CT molecular complexity index is 2440. The maximum Gasteiger partial charge on any atom is 0.201 e. The lowest BCUT2D eigenvalue weighted by molar-refractivity contribution is 0.284. The molecule has 0 saturated carbocycles. The number of ether oxygens (including phenoxy) is 4. The molecule has 0 amide bonds. The van der Waals surface area contributed by atoms with Crippen molar-refractivity contribution in [3.63, 3.8) is 0 Å². The van der Waals surface area contributed by atoms with Crippen LogP contribution in [0.25, 0.3) is 0 Å². The second kappa shape index (κ2) is 22.5. The number of hydrogen-bond donors (Lipinski definition) is 0. The van der Waals surface area contributed by atoms with Crippen molar-refractivity contribution in [2.75, 3.05) is 13.2 Å². The largest absolute Gasteiger partial charge is 0.491 e. The Labute approximate surface area is 344 Å². The maximum absolute atomic E-state index is 14.0. The first kappa shape index (κ1) is 45.3. The quantitative estimate of drug-likeness (QED) is 0.101. The summed E-state index contributed by atoms with van der Waals surface area (Å²) in [6.45, 7) is 4.11. The normalized spacial score (nSPS) is 10.1.